The van der Waals surface area contributed by atoms with E-state index in [1.807, 2.05) is 24.3 Å². The second kappa shape index (κ2) is 7.51. The van der Waals surface area contributed by atoms with Gasteiger partial charge < -0.3 is 15.3 Å². The van der Waals surface area contributed by atoms with Crippen LogP contribution in [0.15, 0.2) is 42.5 Å². The van der Waals surface area contributed by atoms with Crippen LogP contribution in [0.4, 0.5) is 20.2 Å². The molecule has 1 aliphatic rings. The van der Waals surface area contributed by atoms with E-state index in [0.717, 1.165) is 11.6 Å². The van der Waals surface area contributed by atoms with Crippen LogP contribution in [0.2, 0.25) is 0 Å². The van der Waals surface area contributed by atoms with E-state index in [1.165, 1.54) is 12.1 Å². The SMILES string of the molecule is CC(C)(C)c1ccc(NC(=O)C2(O)CCN(c3ccc(F)cc3F)CC2)cc1. The first-order valence-electron chi connectivity index (χ1n) is 9.43. The molecule has 2 aromatic carbocycles. The van der Waals surface area contributed by atoms with Gasteiger partial charge in [0.1, 0.15) is 17.2 Å². The van der Waals surface area contributed by atoms with Crippen molar-refractivity contribution in [1.29, 1.82) is 0 Å². The van der Waals surface area contributed by atoms with Crippen LogP contribution in [0, 0.1) is 11.6 Å². The van der Waals surface area contributed by atoms with Crippen LogP contribution in [-0.4, -0.2) is 29.7 Å². The molecule has 0 radical (unpaired) electrons. The predicted octanol–water partition coefficient (Wildman–Crippen LogP) is 4.23. The lowest BCUT2D eigenvalue weighted by molar-refractivity contribution is -0.136. The molecule has 0 bridgehead atoms. The van der Waals surface area contributed by atoms with Crippen molar-refractivity contribution in [3.8, 4) is 0 Å². The summed E-state index contributed by atoms with van der Waals surface area (Å²) in [6.45, 7) is 6.94. The summed E-state index contributed by atoms with van der Waals surface area (Å²) in [4.78, 5) is 14.3. The summed E-state index contributed by atoms with van der Waals surface area (Å²) >= 11 is 0. The van der Waals surface area contributed by atoms with E-state index in [9.17, 15) is 18.7 Å². The van der Waals surface area contributed by atoms with Crippen molar-refractivity contribution in [2.45, 2.75) is 44.6 Å². The number of hydrogen-bond donors (Lipinski definition) is 2. The van der Waals surface area contributed by atoms with Gasteiger partial charge in [0.25, 0.3) is 5.91 Å². The molecule has 0 aromatic heterocycles. The van der Waals surface area contributed by atoms with Crippen LogP contribution in [-0.2, 0) is 10.2 Å². The van der Waals surface area contributed by atoms with Crippen LogP contribution >= 0.6 is 0 Å². The smallest absolute Gasteiger partial charge is 0.256 e. The molecule has 1 aliphatic heterocycles. The van der Waals surface area contributed by atoms with E-state index in [2.05, 4.69) is 26.1 Å². The highest BCUT2D eigenvalue weighted by Crippen LogP contribution is 2.30. The Morgan fingerprint density at radius 1 is 1.07 bits per heavy atom. The van der Waals surface area contributed by atoms with Gasteiger partial charge in [0, 0.05) is 37.7 Å². The normalized spacial score (nSPS) is 16.7. The van der Waals surface area contributed by atoms with Gasteiger partial charge >= 0.3 is 0 Å². The van der Waals surface area contributed by atoms with Crippen LogP contribution in [0.1, 0.15) is 39.2 Å². The quantitative estimate of drug-likeness (QED) is 0.827. The lowest BCUT2D eigenvalue weighted by Gasteiger charge is -2.38. The van der Waals surface area contributed by atoms with Crippen LogP contribution in [0.5, 0.6) is 0 Å². The summed E-state index contributed by atoms with van der Waals surface area (Å²) in [6.07, 6.45) is 0.325. The summed E-state index contributed by atoms with van der Waals surface area (Å²) < 4.78 is 27.1. The zero-order valence-corrected chi connectivity index (χ0v) is 16.4. The van der Waals surface area contributed by atoms with Crippen molar-refractivity contribution < 1.29 is 18.7 Å². The maximum absolute atomic E-state index is 14.0. The molecular formula is C22H26F2N2O2. The molecule has 2 aromatic rings. The Hall–Kier alpha value is -2.47. The molecule has 2 N–H and O–H groups in total. The molecule has 0 atom stereocenters. The number of piperidine rings is 1. The molecule has 1 fully saturated rings. The standard InChI is InChI=1S/C22H26F2N2O2/c1-21(2,3)15-4-7-17(8-5-15)25-20(27)22(28)10-12-26(13-11-22)19-9-6-16(23)14-18(19)24/h4-9,14,28H,10-13H2,1-3H3,(H,25,27). The zero-order chi connectivity index (χ0) is 20.5. The minimum atomic E-state index is -1.52. The Labute approximate surface area is 164 Å². The molecule has 0 spiro atoms. The Morgan fingerprint density at radius 2 is 1.68 bits per heavy atom. The minimum absolute atomic E-state index is 0.0171. The molecule has 1 amide bonds. The molecular weight excluding hydrogens is 362 g/mol. The third-order valence-corrected chi connectivity index (χ3v) is 5.27. The van der Waals surface area contributed by atoms with Gasteiger partial charge in [-0.2, -0.15) is 0 Å². The largest absolute Gasteiger partial charge is 0.380 e. The maximum atomic E-state index is 14.0. The number of rotatable bonds is 3. The van der Waals surface area contributed by atoms with Gasteiger partial charge in [0.2, 0.25) is 0 Å². The first-order chi connectivity index (χ1) is 13.1. The number of aliphatic hydroxyl groups is 1. The number of carbonyl (C=O) groups is 1. The molecule has 1 saturated heterocycles. The third-order valence-electron chi connectivity index (χ3n) is 5.27. The van der Waals surface area contributed by atoms with E-state index >= 15 is 0 Å². The molecule has 1 heterocycles. The van der Waals surface area contributed by atoms with Crippen molar-refractivity contribution >= 4 is 17.3 Å². The first-order valence-corrected chi connectivity index (χ1v) is 9.43. The minimum Gasteiger partial charge on any atom is -0.380 e. The second-order valence-electron chi connectivity index (χ2n) is 8.40. The van der Waals surface area contributed by atoms with Gasteiger partial charge in [-0.3, -0.25) is 4.79 Å². The summed E-state index contributed by atoms with van der Waals surface area (Å²) in [5.41, 5.74) is 0.553. The summed E-state index contributed by atoms with van der Waals surface area (Å²) in [5.74, 6) is -1.74. The number of halogens is 2. The van der Waals surface area contributed by atoms with Gasteiger partial charge in [0.05, 0.1) is 5.69 Å². The Morgan fingerprint density at radius 3 is 2.21 bits per heavy atom. The summed E-state index contributed by atoms with van der Waals surface area (Å²) in [6, 6.07) is 11.0. The fraction of sp³-hybridized carbons (Fsp3) is 0.409. The van der Waals surface area contributed by atoms with Crippen molar-refractivity contribution in [2.24, 2.45) is 0 Å². The molecule has 0 unspecified atom stereocenters. The average Bonchev–Trinajstić information content (AvgIpc) is 2.62. The molecule has 4 nitrogen and oxygen atoms in total. The van der Waals surface area contributed by atoms with Gasteiger partial charge in [-0.05, 0) is 35.2 Å². The van der Waals surface area contributed by atoms with E-state index in [-0.39, 0.29) is 23.9 Å². The van der Waals surface area contributed by atoms with E-state index in [1.54, 1.807) is 4.90 Å². The summed E-state index contributed by atoms with van der Waals surface area (Å²) in [5, 5.41) is 13.5. The fourth-order valence-electron chi connectivity index (χ4n) is 3.38. The Bertz CT molecular complexity index is 852. The summed E-state index contributed by atoms with van der Waals surface area (Å²) in [7, 11) is 0. The zero-order valence-electron chi connectivity index (χ0n) is 16.4. The number of amides is 1. The molecule has 150 valence electrons. The number of hydrogen-bond acceptors (Lipinski definition) is 3. The van der Waals surface area contributed by atoms with Gasteiger partial charge in [-0.15, -0.1) is 0 Å². The third kappa shape index (κ3) is 4.33. The topological polar surface area (TPSA) is 52.6 Å². The van der Waals surface area contributed by atoms with Crippen LogP contribution in [0.3, 0.4) is 0 Å². The predicted molar refractivity (Wildman–Crippen MR) is 107 cm³/mol. The second-order valence-corrected chi connectivity index (χ2v) is 8.40. The fourth-order valence-corrected chi connectivity index (χ4v) is 3.38. The van der Waals surface area contributed by atoms with Crippen molar-refractivity contribution in [2.75, 3.05) is 23.3 Å². The number of carbonyl (C=O) groups excluding carboxylic acids is 1. The van der Waals surface area contributed by atoms with Crippen molar-refractivity contribution in [1.82, 2.24) is 0 Å². The van der Waals surface area contributed by atoms with Gasteiger partial charge in [-0.25, -0.2) is 8.78 Å². The van der Waals surface area contributed by atoms with E-state index in [0.29, 0.717) is 18.8 Å². The monoisotopic (exact) mass is 388 g/mol. The van der Waals surface area contributed by atoms with Gasteiger partial charge in [-0.1, -0.05) is 32.9 Å². The number of nitrogens with zero attached hydrogens (tertiary/aromatic N) is 1. The highest BCUT2D eigenvalue weighted by molar-refractivity contribution is 5.97. The van der Waals surface area contributed by atoms with Crippen LogP contribution in [0.25, 0.3) is 0 Å². The highest BCUT2D eigenvalue weighted by atomic mass is 19.1. The maximum Gasteiger partial charge on any atom is 0.256 e. The van der Waals surface area contributed by atoms with Crippen molar-refractivity contribution in [3.63, 3.8) is 0 Å². The Balaban J connectivity index is 1.63. The number of anilines is 2. The number of benzene rings is 2. The number of nitrogens with one attached hydrogen (secondary N) is 1. The van der Waals surface area contributed by atoms with Crippen LogP contribution < -0.4 is 10.2 Å². The lowest BCUT2D eigenvalue weighted by Crippen LogP contribution is -2.51. The first kappa shape index (κ1) is 20.3. The molecule has 6 heteroatoms. The molecule has 0 aliphatic carbocycles. The van der Waals surface area contributed by atoms with Gasteiger partial charge in [0.15, 0.2) is 0 Å². The Kier molecular flexibility index (Phi) is 5.44. The van der Waals surface area contributed by atoms with E-state index in [4.69, 9.17) is 0 Å². The molecule has 3 rings (SSSR count). The average molecular weight is 388 g/mol. The highest BCUT2D eigenvalue weighted by Gasteiger charge is 2.39. The van der Waals surface area contributed by atoms with E-state index < -0.39 is 23.1 Å². The molecule has 28 heavy (non-hydrogen) atoms. The van der Waals surface area contributed by atoms with Crippen molar-refractivity contribution in [3.05, 3.63) is 59.7 Å². The lowest BCUT2D eigenvalue weighted by atomic mass is 9.87. The molecule has 0 saturated carbocycles.